The Kier molecular flexibility index (Phi) is 28.6. The van der Waals surface area contributed by atoms with Gasteiger partial charge in [0.2, 0.25) is 0 Å². The molecule has 0 radical (unpaired) electrons. The summed E-state index contributed by atoms with van der Waals surface area (Å²) in [6.07, 6.45) is 28.0. The Morgan fingerprint density at radius 1 is 0.674 bits per heavy atom. The van der Waals surface area contributed by atoms with E-state index in [-0.39, 0.29) is 26.1 Å². The van der Waals surface area contributed by atoms with Gasteiger partial charge in [-0.2, -0.15) is 0 Å². The monoisotopic (exact) mass is 673 g/mol. The molecule has 46 heavy (non-hydrogen) atoms. The molecule has 0 bridgehead atoms. The summed E-state index contributed by atoms with van der Waals surface area (Å²) in [5, 5.41) is 0. The second-order valence-electron chi connectivity index (χ2n) is 13.2. The molecule has 0 rings (SSSR count). The molecule has 0 aliphatic carbocycles. The first-order chi connectivity index (χ1) is 22.0. The highest BCUT2D eigenvalue weighted by molar-refractivity contribution is 7.45. The third kappa shape index (κ3) is 32.4. The molecule has 0 saturated heterocycles. The summed E-state index contributed by atoms with van der Waals surface area (Å²) < 4.78 is 33.5. The fraction of sp³-hybridized carbons (Fsp3) is 0.833. The Bertz CT molecular complexity index is 855. The number of quaternary nitrogens is 1. The molecule has 0 aromatic rings. The number of hydrogen-bond donors (Lipinski definition) is 0. The minimum absolute atomic E-state index is 0.0329. The molecule has 9 nitrogen and oxygen atoms in total. The second kappa shape index (κ2) is 29.6. The fourth-order valence-corrected chi connectivity index (χ4v) is 5.29. The van der Waals surface area contributed by atoms with Crippen LogP contribution in [0.1, 0.15) is 142 Å². The highest BCUT2D eigenvalue weighted by atomic mass is 31.2. The van der Waals surface area contributed by atoms with Gasteiger partial charge in [0.05, 0.1) is 27.7 Å². The van der Waals surface area contributed by atoms with Gasteiger partial charge in [0.15, 0.2) is 6.10 Å². The number of unbranched alkanes of at least 4 members (excludes halogenated alkanes) is 14. The largest absolute Gasteiger partial charge is 0.756 e. The summed E-state index contributed by atoms with van der Waals surface area (Å²) in [5.41, 5.74) is 0. The Hall–Kier alpha value is -1.51. The standard InChI is InChI=1S/C36H68NO8P/c1-6-8-10-12-14-15-16-17-18-19-20-21-22-23-25-27-29-36(39)45-34(32-42-35(38)28-26-24-13-11-9-7-2)33-44-46(40,41)43-31-30-37(3,4)5/h15-16,18-19,34H,6-14,17,20-33H2,1-5H3/b16-15-,19-18-. The van der Waals surface area contributed by atoms with Gasteiger partial charge in [0, 0.05) is 12.8 Å². The van der Waals surface area contributed by atoms with E-state index in [2.05, 4.69) is 38.2 Å². The number of phosphoric ester groups is 1. The van der Waals surface area contributed by atoms with Gasteiger partial charge in [-0.1, -0.05) is 109 Å². The zero-order valence-corrected chi connectivity index (χ0v) is 30.9. The smallest absolute Gasteiger partial charge is 0.306 e. The number of hydrogen-bond acceptors (Lipinski definition) is 8. The Balaban J connectivity index is 4.41. The number of carbonyl (C=O) groups is 2. The van der Waals surface area contributed by atoms with E-state index in [1.54, 1.807) is 0 Å². The van der Waals surface area contributed by atoms with Crippen molar-refractivity contribution >= 4 is 19.8 Å². The van der Waals surface area contributed by atoms with Crippen LogP contribution in [0.3, 0.4) is 0 Å². The van der Waals surface area contributed by atoms with E-state index in [1.165, 1.54) is 38.5 Å². The lowest BCUT2D eigenvalue weighted by Crippen LogP contribution is -2.37. The summed E-state index contributed by atoms with van der Waals surface area (Å²) in [5.74, 6) is -0.862. The SMILES string of the molecule is CCCCCC/C=C\C/C=C\CCCCCCCC(=O)OC(COC(=O)CCCCCCCC)COP(=O)([O-])OCC[N+](C)(C)C. The van der Waals surface area contributed by atoms with Gasteiger partial charge < -0.3 is 27.9 Å². The lowest BCUT2D eigenvalue weighted by atomic mass is 10.1. The minimum atomic E-state index is -4.61. The van der Waals surface area contributed by atoms with Crippen LogP contribution in [0.25, 0.3) is 0 Å². The number of carbonyl (C=O) groups excluding carboxylic acids is 2. The predicted molar refractivity (Wildman–Crippen MR) is 185 cm³/mol. The zero-order valence-electron chi connectivity index (χ0n) is 30.0. The molecule has 0 aromatic carbocycles. The van der Waals surface area contributed by atoms with Crippen molar-refractivity contribution in [3.8, 4) is 0 Å². The maximum atomic E-state index is 12.5. The molecular formula is C36H68NO8P. The molecule has 0 spiro atoms. The van der Waals surface area contributed by atoms with Crippen molar-refractivity contribution in [3.63, 3.8) is 0 Å². The van der Waals surface area contributed by atoms with E-state index < -0.39 is 32.5 Å². The van der Waals surface area contributed by atoms with Crippen molar-refractivity contribution in [1.29, 1.82) is 0 Å². The van der Waals surface area contributed by atoms with Crippen molar-refractivity contribution in [2.75, 3.05) is 47.5 Å². The van der Waals surface area contributed by atoms with Crippen molar-refractivity contribution in [2.45, 2.75) is 148 Å². The molecule has 2 atom stereocenters. The number of esters is 2. The van der Waals surface area contributed by atoms with Gasteiger partial charge in [-0.3, -0.25) is 14.2 Å². The third-order valence-corrected chi connectivity index (χ3v) is 8.44. The van der Waals surface area contributed by atoms with Crippen LogP contribution in [0.15, 0.2) is 24.3 Å². The van der Waals surface area contributed by atoms with Crippen LogP contribution in [0.4, 0.5) is 0 Å². The summed E-state index contributed by atoms with van der Waals surface area (Å²) >= 11 is 0. The van der Waals surface area contributed by atoms with E-state index in [9.17, 15) is 19.0 Å². The first-order valence-electron chi connectivity index (χ1n) is 18.0. The normalized spacial score (nSPS) is 14.1. The molecule has 0 fully saturated rings. The molecule has 0 amide bonds. The van der Waals surface area contributed by atoms with E-state index >= 15 is 0 Å². The van der Waals surface area contributed by atoms with E-state index in [0.29, 0.717) is 17.4 Å². The Labute approximate surface area is 281 Å². The van der Waals surface area contributed by atoms with Gasteiger partial charge >= 0.3 is 11.9 Å². The lowest BCUT2D eigenvalue weighted by molar-refractivity contribution is -0.870. The fourth-order valence-electron chi connectivity index (χ4n) is 4.56. The highest BCUT2D eigenvalue weighted by Gasteiger charge is 2.21. The van der Waals surface area contributed by atoms with Gasteiger partial charge in [-0.25, -0.2) is 0 Å². The van der Waals surface area contributed by atoms with Gasteiger partial charge in [-0.15, -0.1) is 0 Å². The molecule has 0 aliphatic rings. The van der Waals surface area contributed by atoms with Gasteiger partial charge in [0.25, 0.3) is 7.82 Å². The average molecular weight is 674 g/mol. The molecule has 0 N–H and O–H groups in total. The molecule has 0 aliphatic heterocycles. The van der Waals surface area contributed by atoms with Crippen LogP contribution in [0, 0.1) is 0 Å². The molecule has 0 aromatic heterocycles. The first-order valence-corrected chi connectivity index (χ1v) is 19.5. The average Bonchev–Trinajstić information content (AvgIpc) is 2.99. The number of allylic oxidation sites excluding steroid dienone is 4. The van der Waals surface area contributed by atoms with Crippen LogP contribution in [0.2, 0.25) is 0 Å². The van der Waals surface area contributed by atoms with Crippen LogP contribution >= 0.6 is 7.82 Å². The van der Waals surface area contributed by atoms with Crippen LogP contribution in [-0.4, -0.2) is 70.0 Å². The van der Waals surface area contributed by atoms with Crippen molar-refractivity contribution < 1.29 is 42.1 Å². The highest BCUT2D eigenvalue weighted by Crippen LogP contribution is 2.38. The topological polar surface area (TPSA) is 111 Å². The summed E-state index contributed by atoms with van der Waals surface area (Å²) in [6.45, 7) is 4.10. The summed E-state index contributed by atoms with van der Waals surface area (Å²) in [4.78, 5) is 37.0. The molecule has 270 valence electrons. The minimum Gasteiger partial charge on any atom is -0.756 e. The Morgan fingerprint density at radius 2 is 1.17 bits per heavy atom. The van der Waals surface area contributed by atoms with Crippen LogP contribution in [0.5, 0.6) is 0 Å². The number of rotatable bonds is 32. The van der Waals surface area contributed by atoms with Gasteiger partial charge in [-0.05, 0) is 44.9 Å². The van der Waals surface area contributed by atoms with Crippen LogP contribution in [-0.2, 0) is 32.7 Å². The number of phosphoric acid groups is 1. The van der Waals surface area contributed by atoms with E-state index in [0.717, 1.165) is 70.6 Å². The summed E-state index contributed by atoms with van der Waals surface area (Å²) in [7, 11) is 1.15. The first kappa shape index (κ1) is 44.5. The van der Waals surface area contributed by atoms with Crippen molar-refractivity contribution in [1.82, 2.24) is 0 Å². The lowest BCUT2D eigenvalue weighted by Gasteiger charge is -2.28. The molecule has 2 unspecified atom stereocenters. The molecule has 10 heteroatoms. The molecular weight excluding hydrogens is 605 g/mol. The number of ether oxygens (including phenoxy) is 2. The maximum absolute atomic E-state index is 12.5. The molecule has 0 saturated carbocycles. The van der Waals surface area contributed by atoms with Crippen LogP contribution < -0.4 is 4.89 Å². The van der Waals surface area contributed by atoms with Crippen molar-refractivity contribution in [2.24, 2.45) is 0 Å². The maximum Gasteiger partial charge on any atom is 0.306 e. The predicted octanol–water partition coefficient (Wildman–Crippen LogP) is 8.60. The Morgan fingerprint density at radius 3 is 1.74 bits per heavy atom. The third-order valence-electron chi connectivity index (χ3n) is 7.47. The molecule has 0 heterocycles. The van der Waals surface area contributed by atoms with Gasteiger partial charge in [0.1, 0.15) is 19.8 Å². The second-order valence-corrected chi connectivity index (χ2v) is 14.6. The quantitative estimate of drug-likeness (QED) is 0.0230. The summed E-state index contributed by atoms with van der Waals surface area (Å²) in [6, 6.07) is 0. The van der Waals surface area contributed by atoms with E-state index in [1.807, 2.05) is 21.1 Å². The zero-order chi connectivity index (χ0) is 34.4. The number of likely N-dealkylation sites (N-methyl/N-ethyl adjacent to an activating group) is 1. The number of nitrogens with zero attached hydrogens (tertiary/aromatic N) is 1. The van der Waals surface area contributed by atoms with Crippen molar-refractivity contribution in [3.05, 3.63) is 24.3 Å². The van der Waals surface area contributed by atoms with E-state index in [4.69, 9.17) is 18.5 Å².